The van der Waals surface area contributed by atoms with E-state index in [2.05, 4.69) is 28.7 Å². The smallest absolute Gasteiger partial charge is 0.335 e. The Bertz CT molecular complexity index is 1140. The van der Waals surface area contributed by atoms with Crippen LogP contribution in [0.3, 0.4) is 0 Å². The molecule has 1 aromatic heterocycles. The molecule has 2 aromatic carbocycles. The molecule has 0 atom stereocenters. The second-order valence-corrected chi connectivity index (χ2v) is 6.80. The van der Waals surface area contributed by atoms with Crippen LogP contribution in [-0.4, -0.2) is 34.0 Å². The van der Waals surface area contributed by atoms with Crippen LogP contribution < -0.4 is 16.1 Å². The third kappa shape index (κ3) is 4.35. The van der Waals surface area contributed by atoms with Crippen LogP contribution in [0.2, 0.25) is 0 Å². The molecule has 0 bridgehead atoms. The molecule has 1 heterocycles. The molecule has 2 N–H and O–H groups in total. The summed E-state index contributed by atoms with van der Waals surface area (Å²) in [6, 6.07) is 14.8. The average molecular weight is 406 g/mol. The zero-order chi connectivity index (χ0) is 21.7. The summed E-state index contributed by atoms with van der Waals surface area (Å²) < 4.78 is 1.06. The van der Waals surface area contributed by atoms with E-state index >= 15 is 0 Å². The number of hydrogen-bond donors (Lipinski definition) is 2. The van der Waals surface area contributed by atoms with Gasteiger partial charge in [0.1, 0.15) is 5.56 Å². The van der Waals surface area contributed by atoms with E-state index in [4.69, 9.17) is 0 Å². The first kappa shape index (κ1) is 21.1. The highest BCUT2D eigenvalue weighted by Gasteiger charge is 2.14. The minimum Gasteiger partial charge on any atom is -0.493 e. The Morgan fingerprint density at radius 3 is 2.20 bits per heavy atom. The molecule has 0 aliphatic carbocycles. The van der Waals surface area contributed by atoms with E-state index in [1.165, 1.54) is 6.21 Å². The first-order valence-corrected chi connectivity index (χ1v) is 10.0. The van der Waals surface area contributed by atoms with Crippen LogP contribution in [0, 0.1) is 0 Å². The van der Waals surface area contributed by atoms with E-state index < -0.39 is 17.1 Å². The predicted molar refractivity (Wildman–Crippen MR) is 121 cm³/mol. The van der Waals surface area contributed by atoms with E-state index in [1.807, 2.05) is 43.3 Å². The molecule has 7 heteroatoms. The zero-order valence-electron chi connectivity index (χ0n) is 17.4. The molecule has 3 aromatic rings. The molecular weight excluding hydrogens is 380 g/mol. The van der Waals surface area contributed by atoms with E-state index in [1.54, 1.807) is 12.1 Å². The van der Waals surface area contributed by atoms with Crippen LogP contribution >= 0.6 is 0 Å². The number of nitrogens with one attached hydrogen (secondary N) is 1. The lowest BCUT2D eigenvalue weighted by molar-refractivity contribution is 0.430. The van der Waals surface area contributed by atoms with Gasteiger partial charge in [0.2, 0.25) is 5.88 Å². The summed E-state index contributed by atoms with van der Waals surface area (Å²) in [5, 5.41) is 10.6. The van der Waals surface area contributed by atoms with Crippen molar-refractivity contribution in [1.29, 1.82) is 0 Å². The molecule has 0 fully saturated rings. The van der Waals surface area contributed by atoms with Crippen LogP contribution in [0.1, 0.15) is 31.9 Å². The van der Waals surface area contributed by atoms with Crippen molar-refractivity contribution in [3.63, 3.8) is 0 Å². The quantitative estimate of drug-likeness (QED) is 0.589. The molecule has 0 radical (unpaired) electrons. The highest BCUT2D eigenvalue weighted by atomic mass is 16.3. The summed E-state index contributed by atoms with van der Waals surface area (Å²) in [5.74, 6) is -0.448. The maximum atomic E-state index is 12.3. The number of aryl methyl sites for hydroxylation is 1. The Morgan fingerprint density at radius 1 is 1.00 bits per heavy atom. The molecule has 0 saturated carbocycles. The Balaban J connectivity index is 1.96. The second kappa shape index (κ2) is 9.26. The fourth-order valence-corrected chi connectivity index (χ4v) is 3.25. The van der Waals surface area contributed by atoms with E-state index in [-0.39, 0.29) is 5.56 Å². The summed E-state index contributed by atoms with van der Waals surface area (Å²) in [4.78, 5) is 33.3. The fraction of sp³-hybridized carbons (Fsp3) is 0.261. The number of hydrogen-bond acceptors (Lipinski definition) is 5. The van der Waals surface area contributed by atoms with Gasteiger partial charge in [0, 0.05) is 25.0 Å². The number of aliphatic imine (C=N–C) groups is 1. The van der Waals surface area contributed by atoms with E-state index in [0.717, 1.165) is 35.3 Å². The minimum absolute atomic E-state index is 0.0815. The van der Waals surface area contributed by atoms with Crippen LogP contribution in [0.4, 0.5) is 11.4 Å². The summed E-state index contributed by atoms with van der Waals surface area (Å²) in [6.07, 6.45) is 2.13. The second-order valence-electron chi connectivity index (χ2n) is 6.80. The Hall–Kier alpha value is -3.61. The van der Waals surface area contributed by atoms with Crippen molar-refractivity contribution in [1.82, 2.24) is 9.55 Å². The van der Waals surface area contributed by atoms with Gasteiger partial charge in [0.05, 0.1) is 11.4 Å². The summed E-state index contributed by atoms with van der Waals surface area (Å²) >= 11 is 0. The molecule has 0 unspecified atom stereocenters. The lowest BCUT2D eigenvalue weighted by atomic mass is 10.1. The SMILES string of the molecule is CCc1ccc(-n2c(O)c(C=Nc3ccc(N(CC)CC)cc3)c(=O)[nH]c2=O)cc1. The standard InChI is InChI=1S/C23H26N4O3/c1-4-16-7-11-19(12-8-16)27-22(29)20(21(28)25-23(27)30)15-24-17-9-13-18(14-10-17)26(5-2)6-3/h7-15,29H,4-6H2,1-3H3,(H,25,28,30). The third-order valence-corrected chi connectivity index (χ3v) is 5.04. The van der Waals surface area contributed by atoms with Gasteiger partial charge in [-0.3, -0.25) is 14.8 Å². The highest BCUT2D eigenvalue weighted by molar-refractivity contribution is 5.84. The van der Waals surface area contributed by atoms with Crippen molar-refractivity contribution in [2.45, 2.75) is 27.2 Å². The fourth-order valence-electron chi connectivity index (χ4n) is 3.25. The van der Waals surface area contributed by atoms with Gasteiger partial charge < -0.3 is 10.0 Å². The van der Waals surface area contributed by atoms with Crippen molar-refractivity contribution in [2.75, 3.05) is 18.0 Å². The molecule has 156 valence electrons. The number of anilines is 1. The number of rotatable bonds is 7. The Labute approximate surface area is 175 Å². The van der Waals surface area contributed by atoms with Gasteiger partial charge in [-0.25, -0.2) is 9.36 Å². The molecule has 3 rings (SSSR count). The monoisotopic (exact) mass is 406 g/mol. The van der Waals surface area contributed by atoms with Gasteiger partial charge in [0.25, 0.3) is 5.56 Å². The highest BCUT2D eigenvalue weighted by Crippen LogP contribution is 2.21. The lowest BCUT2D eigenvalue weighted by Crippen LogP contribution is -2.31. The van der Waals surface area contributed by atoms with Gasteiger partial charge in [-0.1, -0.05) is 19.1 Å². The van der Waals surface area contributed by atoms with E-state index in [9.17, 15) is 14.7 Å². The Morgan fingerprint density at radius 2 is 1.63 bits per heavy atom. The predicted octanol–water partition coefficient (Wildman–Crippen LogP) is 3.39. The normalized spacial score (nSPS) is 11.2. The van der Waals surface area contributed by atoms with Crippen molar-refractivity contribution in [3.8, 4) is 11.6 Å². The van der Waals surface area contributed by atoms with Crippen molar-refractivity contribution < 1.29 is 5.11 Å². The maximum absolute atomic E-state index is 12.3. The summed E-state index contributed by atoms with van der Waals surface area (Å²) in [5.41, 5.74) is 1.81. The molecule has 0 saturated heterocycles. The van der Waals surface area contributed by atoms with Crippen molar-refractivity contribution in [2.24, 2.45) is 4.99 Å². The van der Waals surface area contributed by atoms with Gasteiger partial charge in [0.15, 0.2) is 0 Å². The molecule has 0 spiro atoms. The van der Waals surface area contributed by atoms with Crippen LogP contribution in [0.5, 0.6) is 5.88 Å². The van der Waals surface area contributed by atoms with Gasteiger partial charge >= 0.3 is 5.69 Å². The number of nitrogens with zero attached hydrogens (tertiary/aromatic N) is 3. The zero-order valence-corrected chi connectivity index (χ0v) is 17.4. The third-order valence-electron chi connectivity index (χ3n) is 5.04. The van der Waals surface area contributed by atoms with E-state index in [0.29, 0.717) is 11.4 Å². The molecule has 30 heavy (non-hydrogen) atoms. The summed E-state index contributed by atoms with van der Waals surface area (Å²) in [6.45, 7) is 8.03. The number of aromatic hydroxyl groups is 1. The van der Waals surface area contributed by atoms with Gasteiger partial charge in [-0.15, -0.1) is 0 Å². The molecular formula is C23H26N4O3. The first-order valence-electron chi connectivity index (χ1n) is 10.0. The van der Waals surface area contributed by atoms with Crippen molar-refractivity contribution >= 4 is 17.6 Å². The number of benzene rings is 2. The maximum Gasteiger partial charge on any atom is 0.335 e. The molecule has 0 amide bonds. The number of aromatic nitrogens is 2. The average Bonchev–Trinajstić information content (AvgIpc) is 2.75. The van der Waals surface area contributed by atoms with Gasteiger partial charge in [-0.2, -0.15) is 0 Å². The van der Waals surface area contributed by atoms with Crippen LogP contribution in [-0.2, 0) is 6.42 Å². The molecule has 0 aliphatic rings. The summed E-state index contributed by atoms with van der Waals surface area (Å²) in [7, 11) is 0. The largest absolute Gasteiger partial charge is 0.493 e. The number of H-pyrrole nitrogens is 1. The molecule has 0 aliphatic heterocycles. The van der Waals surface area contributed by atoms with Crippen molar-refractivity contribution in [3.05, 3.63) is 80.5 Å². The first-order chi connectivity index (χ1) is 14.5. The topological polar surface area (TPSA) is 90.7 Å². The molecule has 7 nitrogen and oxygen atoms in total. The minimum atomic E-state index is -0.706. The van der Waals surface area contributed by atoms with Gasteiger partial charge in [-0.05, 0) is 62.2 Å². The van der Waals surface area contributed by atoms with Crippen LogP contribution in [0.25, 0.3) is 5.69 Å². The number of aromatic amines is 1. The lowest BCUT2D eigenvalue weighted by Gasteiger charge is -2.20. The Kier molecular flexibility index (Phi) is 6.51. The van der Waals surface area contributed by atoms with Crippen LogP contribution in [0.15, 0.2) is 63.1 Å².